The van der Waals surface area contributed by atoms with E-state index in [1.165, 1.54) is 12.5 Å². The van der Waals surface area contributed by atoms with Crippen molar-refractivity contribution < 1.29 is 52.5 Å². The SMILES string of the molecule is CC(C)(C)[O-].Cc1ncncc1-n1c(-c2ccccc2)nc2ccccc21.O.[2H]C([2H])([2H])SC([2H])([2H])[2H].[2H]C([2H])([2H])c1ncncc1-n1c(-c2ccccc2)nc2ccccc21.[Na+]. The van der Waals surface area contributed by atoms with Gasteiger partial charge in [-0.2, -0.15) is 11.8 Å². The molecule has 272 valence electrons. The number of imidazole rings is 2. The molecule has 4 heterocycles. The van der Waals surface area contributed by atoms with Crippen LogP contribution in [0.5, 0.6) is 0 Å². The molecular weight excluding hydrogens is 704 g/mol. The summed E-state index contributed by atoms with van der Waals surface area (Å²) in [5, 5.41) is 10.1. The summed E-state index contributed by atoms with van der Waals surface area (Å²) in [7, 11) is 0. The molecule has 0 aliphatic carbocycles. The first-order valence-corrected chi connectivity index (χ1v) is 17.0. The van der Waals surface area contributed by atoms with Crippen LogP contribution in [0.15, 0.2) is 134 Å². The first-order chi connectivity index (χ1) is 28.6. The molecule has 4 aromatic heterocycles. The molecule has 2 N–H and O–H groups in total. The van der Waals surface area contributed by atoms with E-state index in [4.69, 9.17) is 22.3 Å². The van der Waals surface area contributed by atoms with Crippen LogP contribution in [0, 0.1) is 13.8 Å². The van der Waals surface area contributed by atoms with Crippen molar-refractivity contribution in [3.8, 4) is 34.2 Å². The van der Waals surface area contributed by atoms with E-state index in [2.05, 4.69) is 42.7 Å². The van der Waals surface area contributed by atoms with Crippen molar-refractivity contribution in [3.05, 3.63) is 146 Å². The zero-order valence-corrected chi connectivity index (χ0v) is 33.4. The molecule has 8 rings (SSSR count). The molecule has 0 saturated heterocycles. The van der Waals surface area contributed by atoms with Crippen LogP contribution in [-0.4, -0.2) is 62.5 Å². The maximum absolute atomic E-state index is 10.1. The number of hydrogen-bond donors (Lipinski definition) is 0. The molecule has 0 fully saturated rings. The van der Waals surface area contributed by atoms with E-state index in [1.807, 2.05) is 109 Å². The minimum absolute atomic E-state index is 0. The number of thioether (sulfide) groups is 1. The van der Waals surface area contributed by atoms with E-state index in [1.54, 1.807) is 27.1 Å². The van der Waals surface area contributed by atoms with Gasteiger partial charge in [0.2, 0.25) is 0 Å². The predicted molar refractivity (Wildman–Crippen MR) is 216 cm³/mol. The van der Waals surface area contributed by atoms with Crippen LogP contribution in [0.3, 0.4) is 0 Å². The molecule has 54 heavy (non-hydrogen) atoms. The zero-order chi connectivity index (χ0) is 44.6. The van der Waals surface area contributed by atoms with Crippen molar-refractivity contribution >= 4 is 33.8 Å². The molecule has 0 aliphatic rings. The Morgan fingerprint density at radius 3 is 1.39 bits per heavy atom. The molecule has 0 saturated carbocycles. The van der Waals surface area contributed by atoms with Gasteiger partial charge in [-0.3, -0.25) is 9.13 Å². The fraction of sp³-hybridized carbons (Fsp3) is 0.190. The third-order valence-electron chi connectivity index (χ3n) is 7.25. The van der Waals surface area contributed by atoms with Crippen molar-refractivity contribution in [3.63, 3.8) is 0 Å². The van der Waals surface area contributed by atoms with Gasteiger partial charge in [0.05, 0.1) is 57.2 Å². The average molecular weight is 758 g/mol. The van der Waals surface area contributed by atoms with E-state index < -0.39 is 24.8 Å². The Labute approximate surface area is 356 Å². The van der Waals surface area contributed by atoms with E-state index in [0.29, 0.717) is 11.5 Å². The number of hydrogen-bond acceptors (Lipinski definition) is 8. The van der Waals surface area contributed by atoms with E-state index in [9.17, 15) is 5.11 Å². The molecule has 0 unspecified atom stereocenters. The van der Waals surface area contributed by atoms with Crippen molar-refractivity contribution in [1.82, 2.24) is 39.0 Å². The van der Waals surface area contributed by atoms with Gasteiger partial charge < -0.3 is 10.6 Å². The topological polar surface area (TPSA) is 142 Å². The van der Waals surface area contributed by atoms with Gasteiger partial charge in [0.15, 0.2) is 0 Å². The summed E-state index contributed by atoms with van der Waals surface area (Å²) in [5.74, 6) is 1.56. The fourth-order valence-corrected chi connectivity index (χ4v) is 5.19. The molecule has 8 aromatic rings. The summed E-state index contributed by atoms with van der Waals surface area (Å²) in [5.41, 5.74) is 7.11. The van der Waals surface area contributed by atoms with Gasteiger partial charge in [-0.1, -0.05) is 106 Å². The van der Waals surface area contributed by atoms with Gasteiger partial charge in [-0.05, 0) is 50.4 Å². The van der Waals surface area contributed by atoms with Crippen LogP contribution in [0.2, 0.25) is 0 Å². The normalized spacial score (nSPS) is 13.5. The second-order valence-corrected chi connectivity index (χ2v) is 12.4. The quantitative estimate of drug-likeness (QED) is 0.231. The molecule has 10 nitrogen and oxygen atoms in total. The first kappa shape index (κ1) is 31.6. The Hall–Kier alpha value is -4.75. The minimum Gasteiger partial charge on any atom is -0.850 e. The Balaban J connectivity index is 0.000000254. The maximum atomic E-state index is 10.1. The fourth-order valence-electron chi connectivity index (χ4n) is 5.19. The van der Waals surface area contributed by atoms with E-state index >= 15 is 0 Å². The molecular formula is C42H45N8NaO2S. The Bertz CT molecular complexity index is 2650. The third kappa shape index (κ3) is 11.1. The second-order valence-electron chi connectivity index (χ2n) is 12.2. The van der Waals surface area contributed by atoms with Crippen LogP contribution in [0.4, 0.5) is 0 Å². The number of aryl methyl sites for hydroxylation is 2. The van der Waals surface area contributed by atoms with Crippen molar-refractivity contribution in [2.45, 2.75) is 40.1 Å². The van der Waals surface area contributed by atoms with Gasteiger partial charge in [-0.25, -0.2) is 29.9 Å². The molecule has 4 aromatic carbocycles. The standard InChI is InChI=1S/2C18H14N4.C4H9O.C2H6S.Na.H2O/c2*1-13-17(11-19-12-20-13)22-16-10-6-5-9-15(16)21-18(22)14-7-3-2-4-8-14;1-4(2,3)5;1-3-2;;/h2*2-12H,1H3;1-3H3;1-2H3;;1H2/q;;-1;;+1;/i1D3;;;1D3,2D3;;. The summed E-state index contributed by atoms with van der Waals surface area (Å²) in [6.45, 7) is 4.53. The minimum atomic E-state index is -2.41. The number of aromatic nitrogens is 8. The van der Waals surface area contributed by atoms with Crippen LogP contribution < -0.4 is 34.7 Å². The number of fused-ring (bicyclic) bond motifs is 2. The molecule has 0 bridgehead atoms. The van der Waals surface area contributed by atoms with Crippen molar-refractivity contribution in [1.29, 1.82) is 0 Å². The van der Waals surface area contributed by atoms with E-state index in [0.717, 1.165) is 50.4 Å². The van der Waals surface area contributed by atoms with Crippen LogP contribution in [0.1, 0.15) is 44.5 Å². The average Bonchev–Trinajstić information content (AvgIpc) is 3.76. The van der Waals surface area contributed by atoms with E-state index in [-0.39, 0.29) is 52.5 Å². The van der Waals surface area contributed by atoms with Crippen LogP contribution in [0.25, 0.3) is 56.2 Å². The molecule has 0 amide bonds. The summed E-state index contributed by atoms with van der Waals surface area (Å²) in [6.07, 6.45) is 1.36. The van der Waals surface area contributed by atoms with Crippen LogP contribution in [-0.2, 0) is 0 Å². The summed E-state index contributed by atoms with van der Waals surface area (Å²) in [4.78, 5) is 26.1. The van der Waals surface area contributed by atoms with Gasteiger partial charge in [0, 0.05) is 23.5 Å². The first-order valence-electron chi connectivity index (χ1n) is 20.6. The number of nitrogens with zero attached hydrogens (tertiary/aromatic N) is 8. The Morgan fingerprint density at radius 1 is 0.611 bits per heavy atom. The number of rotatable bonds is 4. The number of para-hydroxylation sites is 4. The van der Waals surface area contributed by atoms with Gasteiger partial charge in [-0.15, -0.1) is 5.60 Å². The molecule has 0 radical (unpaired) electrons. The summed E-state index contributed by atoms with van der Waals surface area (Å²) >= 11 is 0.0139. The molecule has 0 aliphatic heterocycles. The zero-order valence-electron chi connectivity index (χ0n) is 39.6. The van der Waals surface area contributed by atoms with Gasteiger partial charge in [0.1, 0.15) is 24.3 Å². The molecule has 0 atom stereocenters. The largest absolute Gasteiger partial charge is 1.00 e. The molecule has 12 heteroatoms. The summed E-state index contributed by atoms with van der Waals surface area (Å²) < 4.78 is 66.5. The van der Waals surface area contributed by atoms with Crippen LogP contribution >= 0.6 is 11.8 Å². The monoisotopic (exact) mass is 757 g/mol. The predicted octanol–water partition coefficient (Wildman–Crippen LogP) is 4.89. The van der Waals surface area contributed by atoms with Crippen molar-refractivity contribution in [2.75, 3.05) is 12.4 Å². The third-order valence-corrected chi connectivity index (χ3v) is 7.25. The Kier molecular flexibility index (Phi) is 12.1. The summed E-state index contributed by atoms with van der Waals surface area (Å²) in [6, 6.07) is 35.6. The second kappa shape index (κ2) is 20.6. The number of benzene rings is 4. The van der Waals surface area contributed by atoms with Gasteiger partial charge >= 0.3 is 29.6 Å². The molecule has 0 spiro atoms. The smallest absolute Gasteiger partial charge is 0.850 e. The van der Waals surface area contributed by atoms with Crippen molar-refractivity contribution in [2.24, 2.45) is 0 Å². The van der Waals surface area contributed by atoms with Gasteiger partial charge in [0.25, 0.3) is 0 Å². The Morgan fingerprint density at radius 2 is 1.00 bits per heavy atom. The maximum Gasteiger partial charge on any atom is 1.00 e.